The van der Waals surface area contributed by atoms with Gasteiger partial charge in [-0.2, -0.15) is 4.31 Å². The molecule has 0 N–H and O–H groups in total. The second kappa shape index (κ2) is 11.3. The van der Waals surface area contributed by atoms with Crippen LogP contribution in [0.1, 0.15) is 50.3 Å². The Hall–Kier alpha value is -1.41. The number of carbonyl (C=O) groups is 1. The molecule has 0 fully saturated rings. The normalized spacial score (nSPS) is 12.7. The SMILES string of the molecule is CCOC(=O)CCCCN([C@@H](C)c1cccc(Br)c1)S(=O)(=O)c1cccc(Cl)c1C. The van der Waals surface area contributed by atoms with E-state index in [2.05, 4.69) is 15.9 Å². The molecule has 0 aliphatic carbocycles. The molecule has 0 amide bonds. The highest BCUT2D eigenvalue weighted by Gasteiger charge is 2.31. The van der Waals surface area contributed by atoms with Crippen molar-refractivity contribution in [3.63, 3.8) is 0 Å². The van der Waals surface area contributed by atoms with Gasteiger partial charge in [0.05, 0.1) is 11.5 Å². The predicted octanol–water partition coefficient (Wildman–Crippen LogP) is 5.90. The van der Waals surface area contributed by atoms with Crippen molar-refractivity contribution in [2.45, 2.75) is 51.0 Å². The molecule has 1 atom stereocenters. The molecule has 164 valence electrons. The molecule has 2 aromatic carbocycles. The number of hydrogen-bond acceptors (Lipinski definition) is 4. The third kappa shape index (κ3) is 6.30. The van der Waals surface area contributed by atoms with Crippen LogP contribution in [0.15, 0.2) is 51.8 Å². The number of carbonyl (C=O) groups excluding carboxylic acids is 1. The lowest BCUT2D eigenvalue weighted by molar-refractivity contribution is -0.143. The molecule has 2 rings (SSSR count). The van der Waals surface area contributed by atoms with Crippen molar-refractivity contribution in [3.05, 3.63) is 63.1 Å². The maximum atomic E-state index is 13.6. The Bertz CT molecular complexity index is 981. The fourth-order valence-corrected chi connectivity index (χ4v) is 5.77. The zero-order valence-electron chi connectivity index (χ0n) is 17.4. The van der Waals surface area contributed by atoms with E-state index in [4.69, 9.17) is 16.3 Å². The van der Waals surface area contributed by atoms with Crippen molar-refractivity contribution in [2.24, 2.45) is 0 Å². The van der Waals surface area contributed by atoms with Crippen molar-refractivity contribution in [3.8, 4) is 0 Å². The monoisotopic (exact) mass is 515 g/mol. The van der Waals surface area contributed by atoms with Gasteiger partial charge in [-0.15, -0.1) is 0 Å². The highest BCUT2D eigenvalue weighted by Crippen LogP contribution is 2.32. The molecule has 5 nitrogen and oxygen atoms in total. The summed E-state index contributed by atoms with van der Waals surface area (Å²) in [6, 6.07) is 12.1. The molecule has 0 unspecified atom stereocenters. The highest BCUT2D eigenvalue weighted by molar-refractivity contribution is 9.10. The van der Waals surface area contributed by atoms with Crippen molar-refractivity contribution >= 4 is 43.5 Å². The number of sulfonamides is 1. The van der Waals surface area contributed by atoms with Crippen LogP contribution < -0.4 is 0 Å². The second-order valence-corrected chi connectivity index (χ2v) is 10.2. The largest absolute Gasteiger partial charge is 0.466 e. The van der Waals surface area contributed by atoms with Gasteiger partial charge in [0.25, 0.3) is 0 Å². The van der Waals surface area contributed by atoms with Crippen LogP contribution in [0.2, 0.25) is 5.02 Å². The smallest absolute Gasteiger partial charge is 0.305 e. The van der Waals surface area contributed by atoms with Gasteiger partial charge in [0.1, 0.15) is 0 Å². The van der Waals surface area contributed by atoms with Crippen LogP contribution in [0.4, 0.5) is 0 Å². The van der Waals surface area contributed by atoms with Crippen LogP contribution >= 0.6 is 27.5 Å². The number of benzene rings is 2. The summed E-state index contributed by atoms with van der Waals surface area (Å²) in [5.74, 6) is -0.266. The van der Waals surface area contributed by atoms with Crippen molar-refractivity contribution in [2.75, 3.05) is 13.2 Å². The van der Waals surface area contributed by atoms with Gasteiger partial charge in [-0.1, -0.05) is 45.7 Å². The molecule has 0 aliphatic rings. The third-order valence-corrected chi connectivity index (χ3v) is 7.90. The van der Waals surface area contributed by atoms with E-state index < -0.39 is 16.1 Å². The average molecular weight is 517 g/mol. The van der Waals surface area contributed by atoms with E-state index in [0.717, 1.165) is 10.0 Å². The number of halogens is 2. The van der Waals surface area contributed by atoms with E-state index in [-0.39, 0.29) is 23.8 Å². The zero-order valence-corrected chi connectivity index (χ0v) is 20.6. The first kappa shape index (κ1) is 24.9. The van der Waals surface area contributed by atoms with Crippen LogP contribution in [0.3, 0.4) is 0 Å². The van der Waals surface area contributed by atoms with Gasteiger partial charge in [0.2, 0.25) is 10.0 Å². The lowest BCUT2D eigenvalue weighted by Crippen LogP contribution is -2.35. The quantitative estimate of drug-likeness (QED) is 0.291. The molecule has 2 aromatic rings. The van der Waals surface area contributed by atoms with Gasteiger partial charge >= 0.3 is 5.97 Å². The minimum atomic E-state index is -3.81. The highest BCUT2D eigenvalue weighted by atomic mass is 79.9. The van der Waals surface area contributed by atoms with Crippen LogP contribution in [0, 0.1) is 6.92 Å². The van der Waals surface area contributed by atoms with E-state index in [1.54, 1.807) is 32.0 Å². The van der Waals surface area contributed by atoms with E-state index in [1.807, 2.05) is 31.2 Å². The standard InChI is InChI=1S/C22H27BrClNO4S/c1-4-29-22(26)13-5-6-14-25(17(3)18-9-7-10-19(23)15-18)30(27,28)21-12-8-11-20(24)16(21)2/h7-12,15,17H,4-6,13-14H2,1-3H3/t17-/m0/s1. The molecule has 8 heteroatoms. The summed E-state index contributed by atoms with van der Waals surface area (Å²) in [6.45, 7) is 5.95. The summed E-state index contributed by atoms with van der Waals surface area (Å²) < 4.78 is 34.5. The van der Waals surface area contributed by atoms with Gasteiger partial charge in [0.15, 0.2) is 0 Å². The topological polar surface area (TPSA) is 63.7 Å². The number of esters is 1. The van der Waals surface area contributed by atoms with Gasteiger partial charge in [-0.3, -0.25) is 4.79 Å². The number of hydrogen-bond donors (Lipinski definition) is 0. The summed E-state index contributed by atoms with van der Waals surface area (Å²) >= 11 is 9.65. The Morgan fingerprint density at radius 3 is 2.57 bits per heavy atom. The van der Waals surface area contributed by atoms with Crippen LogP contribution in [0.5, 0.6) is 0 Å². The molecular formula is C22H27BrClNO4S. The van der Waals surface area contributed by atoms with E-state index in [9.17, 15) is 13.2 Å². The van der Waals surface area contributed by atoms with Gasteiger partial charge in [-0.05, 0) is 69.0 Å². The molecular weight excluding hydrogens is 490 g/mol. The zero-order chi connectivity index (χ0) is 22.3. The van der Waals surface area contributed by atoms with Crippen LogP contribution in [-0.4, -0.2) is 31.8 Å². The maximum absolute atomic E-state index is 13.6. The summed E-state index contributed by atoms with van der Waals surface area (Å²) in [5.41, 5.74) is 1.40. The van der Waals surface area contributed by atoms with Crippen molar-refractivity contribution < 1.29 is 17.9 Å². The summed E-state index contributed by atoms with van der Waals surface area (Å²) in [5, 5.41) is 0.411. The predicted molar refractivity (Wildman–Crippen MR) is 123 cm³/mol. The Morgan fingerprint density at radius 2 is 1.90 bits per heavy atom. The number of rotatable bonds is 10. The van der Waals surface area contributed by atoms with E-state index in [0.29, 0.717) is 30.0 Å². The molecule has 0 aromatic heterocycles. The molecule has 0 spiro atoms. The fraction of sp³-hybridized carbons (Fsp3) is 0.409. The molecule has 0 saturated heterocycles. The molecule has 0 saturated carbocycles. The lowest BCUT2D eigenvalue weighted by Gasteiger charge is -2.29. The number of unbranched alkanes of at least 4 members (excludes halogenated alkanes) is 1. The van der Waals surface area contributed by atoms with Gasteiger partial charge in [-0.25, -0.2) is 8.42 Å². The minimum Gasteiger partial charge on any atom is -0.466 e. The summed E-state index contributed by atoms with van der Waals surface area (Å²) in [4.78, 5) is 11.8. The first-order valence-corrected chi connectivity index (χ1v) is 12.5. The van der Waals surface area contributed by atoms with Crippen molar-refractivity contribution in [1.82, 2.24) is 4.31 Å². The Labute approximate surface area is 192 Å². The molecule has 0 bridgehead atoms. The molecule has 30 heavy (non-hydrogen) atoms. The second-order valence-electron chi connectivity index (χ2n) is 6.97. The maximum Gasteiger partial charge on any atom is 0.305 e. The number of nitrogens with zero attached hydrogens (tertiary/aromatic N) is 1. The van der Waals surface area contributed by atoms with Gasteiger partial charge < -0.3 is 4.74 Å². The van der Waals surface area contributed by atoms with E-state index in [1.165, 1.54) is 4.31 Å². The Morgan fingerprint density at radius 1 is 1.20 bits per heavy atom. The summed E-state index contributed by atoms with van der Waals surface area (Å²) in [6.07, 6.45) is 1.35. The molecule has 0 aliphatic heterocycles. The Kier molecular flexibility index (Phi) is 9.34. The molecule has 0 radical (unpaired) electrons. The third-order valence-electron chi connectivity index (χ3n) is 4.88. The van der Waals surface area contributed by atoms with Crippen LogP contribution in [-0.2, 0) is 19.6 Å². The van der Waals surface area contributed by atoms with Crippen LogP contribution in [0.25, 0.3) is 0 Å². The lowest BCUT2D eigenvalue weighted by atomic mass is 10.1. The van der Waals surface area contributed by atoms with Crippen molar-refractivity contribution in [1.29, 1.82) is 0 Å². The minimum absolute atomic E-state index is 0.197. The first-order valence-electron chi connectivity index (χ1n) is 9.86. The van der Waals surface area contributed by atoms with Gasteiger partial charge in [0, 0.05) is 28.5 Å². The Balaban J connectivity index is 2.32. The summed E-state index contributed by atoms with van der Waals surface area (Å²) in [7, 11) is -3.81. The number of ether oxygens (including phenoxy) is 1. The fourth-order valence-electron chi connectivity index (χ4n) is 3.22. The van der Waals surface area contributed by atoms with E-state index >= 15 is 0 Å². The first-order chi connectivity index (χ1) is 14.2. The molecule has 0 heterocycles. The average Bonchev–Trinajstić information content (AvgIpc) is 2.69.